The first-order valence-electron chi connectivity index (χ1n) is 9.65. The highest BCUT2D eigenvalue weighted by molar-refractivity contribution is 5.88. The van der Waals surface area contributed by atoms with Gasteiger partial charge in [-0.3, -0.25) is 9.59 Å². The minimum absolute atomic E-state index is 0.151. The number of likely N-dealkylation sites (tertiary alicyclic amines) is 1. The van der Waals surface area contributed by atoms with E-state index in [-0.39, 0.29) is 23.5 Å². The molecule has 2 aliphatic heterocycles. The lowest BCUT2D eigenvalue weighted by atomic mass is 9.81. The zero-order valence-electron chi connectivity index (χ0n) is 16.2. The molecule has 0 spiro atoms. The molecule has 28 heavy (non-hydrogen) atoms. The lowest BCUT2D eigenvalue weighted by Crippen LogP contribution is -2.54. The summed E-state index contributed by atoms with van der Waals surface area (Å²) in [4.78, 5) is 26.7. The highest BCUT2D eigenvalue weighted by Gasteiger charge is 2.40. The van der Waals surface area contributed by atoms with Gasteiger partial charge < -0.3 is 19.7 Å². The average Bonchev–Trinajstić information content (AvgIpc) is 2.74. The smallest absolute Gasteiger partial charge is 0.245 e. The number of carbonyl (C=O) groups excluding carboxylic acids is 2. The van der Waals surface area contributed by atoms with Crippen molar-refractivity contribution in [1.29, 1.82) is 0 Å². The van der Waals surface area contributed by atoms with Crippen LogP contribution in [0.15, 0.2) is 30.9 Å². The molecular formula is C21H27FN2O4. The molecule has 1 aromatic carbocycles. The van der Waals surface area contributed by atoms with Crippen LogP contribution >= 0.6 is 0 Å². The second kappa shape index (κ2) is 8.73. The van der Waals surface area contributed by atoms with Gasteiger partial charge in [-0.2, -0.15) is 0 Å². The van der Waals surface area contributed by atoms with E-state index in [9.17, 15) is 9.59 Å². The molecule has 6 nitrogen and oxygen atoms in total. The van der Waals surface area contributed by atoms with E-state index in [0.717, 1.165) is 6.42 Å². The molecule has 1 atom stereocenters. The highest BCUT2D eigenvalue weighted by atomic mass is 19.1. The molecule has 2 heterocycles. The van der Waals surface area contributed by atoms with E-state index in [0.29, 0.717) is 51.1 Å². The van der Waals surface area contributed by atoms with Gasteiger partial charge in [0, 0.05) is 31.9 Å². The van der Waals surface area contributed by atoms with Crippen LogP contribution in [0.1, 0.15) is 31.2 Å². The third-order valence-electron chi connectivity index (χ3n) is 5.69. The van der Waals surface area contributed by atoms with Crippen molar-refractivity contribution >= 4 is 11.8 Å². The zero-order valence-corrected chi connectivity index (χ0v) is 16.2. The van der Waals surface area contributed by atoms with Crippen molar-refractivity contribution in [1.82, 2.24) is 10.2 Å². The number of nitrogens with one attached hydrogen (secondary N) is 1. The molecule has 1 N–H and O–H groups in total. The van der Waals surface area contributed by atoms with Gasteiger partial charge in [0.15, 0.2) is 11.6 Å². The predicted molar refractivity (Wildman–Crippen MR) is 102 cm³/mol. The third-order valence-corrected chi connectivity index (χ3v) is 5.69. The molecule has 3 rings (SSSR count). The number of benzene rings is 1. The molecule has 0 aliphatic carbocycles. The van der Waals surface area contributed by atoms with Crippen LogP contribution in [0, 0.1) is 11.7 Å². The Morgan fingerprint density at radius 3 is 2.82 bits per heavy atom. The largest absolute Gasteiger partial charge is 0.494 e. The molecule has 0 saturated carbocycles. The number of ether oxygens (including phenoxy) is 2. The summed E-state index contributed by atoms with van der Waals surface area (Å²) in [5.74, 6) is -0.966. The van der Waals surface area contributed by atoms with Gasteiger partial charge in [0.2, 0.25) is 11.8 Å². The van der Waals surface area contributed by atoms with Crippen LogP contribution in [0.2, 0.25) is 0 Å². The Balaban J connectivity index is 1.84. The van der Waals surface area contributed by atoms with Crippen LogP contribution in [0.5, 0.6) is 5.75 Å². The molecule has 2 fully saturated rings. The first-order valence-corrected chi connectivity index (χ1v) is 9.65. The molecule has 7 heteroatoms. The van der Waals surface area contributed by atoms with Gasteiger partial charge >= 0.3 is 0 Å². The van der Waals surface area contributed by atoms with Crippen LogP contribution in [-0.2, 0) is 19.9 Å². The van der Waals surface area contributed by atoms with Crippen molar-refractivity contribution < 1.29 is 23.5 Å². The van der Waals surface area contributed by atoms with E-state index in [1.165, 1.54) is 13.2 Å². The van der Waals surface area contributed by atoms with E-state index in [2.05, 4.69) is 11.9 Å². The van der Waals surface area contributed by atoms with Crippen LogP contribution in [0.4, 0.5) is 4.39 Å². The van der Waals surface area contributed by atoms with E-state index < -0.39 is 11.4 Å². The lowest BCUT2D eigenvalue weighted by molar-refractivity contribution is -0.134. The minimum Gasteiger partial charge on any atom is -0.494 e. The Morgan fingerprint density at radius 1 is 1.39 bits per heavy atom. The van der Waals surface area contributed by atoms with Gasteiger partial charge in [-0.1, -0.05) is 18.7 Å². The number of nitrogens with zero attached hydrogens (tertiary/aromatic N) is 1. The summed E-state index contributed by atoms with van der Waals surface area (Å²) in [7, 11) is 1.42. The number of amides is 2. The van der Waals surface area contributed by atoms with Crippen LogP contribution in [-0.4, -0.2) is 50.1 Å². The monoisotopic (exact) mass is 390 g/mol. The molecule has 0 bridgehead atoms. The van der Waals surface area contributed by atoms with Gasteiger partial charge in [0.1, 0.15) is 0 Å². The normalized spacial score (nSPS) is 21.6. The predicted octanol–water partition coefficient (Wildman–Crippen LogP) is 2.38. The summed E-state index contributed by atoms with van der Waals surface area (Å²) in [5, 5.41) is 3.11. The molecule has 2 amide bonds. The number of carbonyl (C=O) groups is 2. The fourth-order valence-corrected chi connectivity index (χ4v) is 4.08. The molecule has 2 aliphatic rings. The number of rotatable bonds is 5. The van der Waals surface area contributed by atoms with Crippen molar-refractivity contribution in [2.75, 3.05) is 33.4 Å². The molecule has 1 unspecified atom stereocenters. The maximum atomic E-state index is 15.0. The van der Waals surface area contributed by atoms with Crippen LogP contribution in [0.25, 0.3) is 0 Å². The first kappa shape index (κ1) is 20.3. The minimum atomic E-state index is -0.849. The van der Waals surface area contributed by atoms with E-state index in [4.69, 9.17) is 9.47 Å². The van der Waals surface area contributed by atoms with Crippen molar-refractivity contribution in [2.24, 2.45) is 5.92 Å². The Morgan fingerprint density at radius 2 is 2.14 bits per heavy atom. The topological polar surface area (TPSA) is 67.9 Å². The molecule has 2 saturated heterocycles. The van der Waals surface area contributed by atoms with Gasteiger partial charge in [0.25, 0.3) is 0 Å². The van der Waals surface area contributed by atoms with Gasteiger partial charge in [-0.25, -0.2) is 4.39 Å². The average molecular weight is 390 g/mol. The molecular weight excluding hydrogens is 363 g/mol. The van der Waals surface area contributed by atoms with Crippen molar-refractivity contribution in [3.05, 3.63) is 42.2 Å². The van der Waals surface area contributed by atoms with Crippen LogP contribution in [0.3, 0.4) is 0 Å². The SMILES string of the molecule is C=CC(=O)N1CCCC(C(=O)NC2(c3cccc(OC)c3F)CCOCC2)C1. The van der Waals surface area contributed by atoms with E-state index in [1.807, 2.05) is 0 Å². The first-order chi connectivity index (χ1) is 13.5. The molecule has 1 aromatic rings. The van der Waals surface area contributed by atoms with E-state index >= 15 is 4.39 Å². The summed E-state index contributed by atoms with van der Waals surface area (Å²) in [6, 6.07) is 4.98. The second-order valence-electron chi connectivity index (χ2n) is 7.33. The molecule has 152 valence electrons. The summed E-state index contributed by atoms with van der Waals surface area (Å²) >= 11 is 0. The third kappa shape index (κ3) is 4.04. The van der Waals surface area contributed by atoms with Gasteiger partial charge in [-0.05, 0) is 37.8 Å². The standard InChI is InChI=1S/C21H27FN2O4/c1-3-18(25)24-11-5-6-15(14-24)20(26)23-21(9-12-28-13-10-21)16-7-4-8-17(27-2)19(16)22/h3-4,7-8,15H,1,5-6,9-14H2,2H3,(H,23,26). The maximum absolute atomic E-state index is 15.0. The maximum Gasteiger partial charge on any atom is 0.245 e. The van der Waals surface area contributed by atoms with Crippen molar-refractivity contribution in [2.45, 2.75) is 31.2 Å². The summed E-state index contributed by atoms with van der Waals surface area (Å²) in [5.41, 5.74) is -0.433. The Bertz CT molecular complexity index is 746. The summed E-state index contributed by atoms with van der Waals surface area (Å²) in [6.45, 7) is 5.36. The highest BCUT2D eigenvalue weighted by Crippen LogP contribution is 2.37. The molecule has 0 aromatic heterocycles. The Labute approximate surface area is 164 Å². The zero-order chi connectivity index (χ0) is 20.1. The van der Waals surface area contributed by atoms with Crippen molar-refractivity contribution in [3.63, 3.8) is 0 Å². The number of hydrogen-bond donors (Lipinski definition) is 1. The van der Waals surface area contributed by atoms with Crippen molar-refractivity contribution in [3.8, 4) is 5.75 Å². The summed E-state index contributed by atoms with van der Waals surface area (Å²) in [6.07, 6.45) is 3.67. The Kier molecular flexibility index (Phi) is 6.34. The lowest BCUT2D eigenvalue weighted by Gasteiger charge is -2.41. The van der Waals surface area contributed by atoms with Gasteiger partial charge in [-0.15, -0.1) is 0 Å². The number of hydrogen-bond acceptors (Lipinski definition) is 4. The fraction of sp³-hybridized carbons (Fsp3) is 0.524. The van der Waals surface area contributed by atoms with E-state index in [1.54, 1.807) is 23.1 Å². The van der Waals surface area contributed by atoms with Crippen LogP contribution < -0.4 is 10.1 Å². The Hall–Kier alpha value is -2.41. The summed E-state index contributed by atoms with van der Waals surface area (Å²) < 4.78 is 25.6. The quantitative estimate of drug-likeness (QED) is 0.784. The van der Waals surface area contributed by atoms with Gasteiger partial charge in [0.05, 0.1) is 18.6 Å². The number of piperidine rings is 1. The molecule has 0 radical (unpaired) electrons. The number of halogens is 1. The fourth-order valence-electron chi connectivity index (χ4n) is 4.08. The second-order valence-corrected chi connectivity index (χ2v) is 7.33. The number of methoxy groups -OCH3 is 1.